The molecule has 1 N–H and O–H groups in total. The molecule has 1 aliphatic rings. The smallest absolute Gasteiger partial charge is 0.159 e. The van der Waals surface area contributed by atoms with Crippen LogP contribution in [0.5, 0.6) is 0 Å². The Kier molecular flexibility index (Phi) is 3.68. The highest BCUT2D eigenvalue weighted by molar-refractivity contribution is 5.35. The first-order chi connectivity index (χ1) is 10.3. The SMILES string of the molecule is Cc1ccc(C)n1-c1cc(C(C)(C)C)n(C2CCCC2O)n1. The van der Waals surface area contributed by atoms with Crippen molar-refractivity contribution in [2.75, 3.05) is 0 Å². The molecule has 2 aromatic heterocycles. The second kappa shape index (κ2) is 5.27. The lowest BCUT2D eigenvalue weighted by atomic mass is 9.91. The molecule has 0 aliphatic heterocycles. The molecule has 2 atom stereocenters. The van der Waals surface area contributed by atoms with E-state index in [1.807, 2.05) is 0 Å². The Labute approximate surface area is 132 Å². The molecule has 1 fully saturated rings. The van der Waals surface area contributed by atoms with E-state index >= 15 is 0 Å². The predicted molar refractivity (Wildman–Crippen MR) is 88.6 cm³/mol. The topological polar surface area (TPSA) is 43.0 Å². The van der Waals surface area contributed by atoms with Crippen molar-refractivity contribution in [3.63, 3.8) is 0 Å². The van der Waals surface area contributed by atoms with Gasteiger partial charge in [-0.25, -0.2) is 0 Å². The highest BCUT2D eigenvalue weighted by Gasteiger charge is 2.32. The molecule has 4 nitrogen and oxygen atoms in total. The van der Waals surface area contributed by atoms with Gasteiger partial charge in [0.15, 0.2) is 5.82 Å². The van der Waals surface area contributed by atoms with Crippen LogP contribution in [0.4, 0.5) is 0 Å². The van der Waals surface area contributed by atoms with E-state index in [-0.39, 0.29) is 17.6 Å². The largest absolute Gasteiger partial charge is 0.391 e. The Morgan fingerprint density at radius 1 is 1.14 bits per heavy atom. The summed E-state index contributed by atoms with van der Waals surface area (Å²) in [5.41, 5.74) is 3.58. The number of aliphatic hydroxyl groups excluding tert-OH is 1. The van der Waals surface area contributed by atoms with E-state index in [1.165, 1.54) is 17.1 Å². The summed E-state index contributed by atoms with van der Waals surface area (Å²) in [6.45, 7) is 10.8. The van der Waals surface area contributed by atoms with Crippen LogP contribution in [-0.2, 0) is 5.41 Å². The molecule has 0 bridgehead atoms. The maximum atomic E-state index is 10.3. The average molecular weight is 301 g/mol. The zero-order valence-corrected chi connectivity index (χ0v) is 14.3. The minimum atomic E-state index is -0.277. The van der Waals surface area contributed by atoms with Gasteiger partial charge in [-0.1, -0.05) is 20.8 Å². The van der Waals surface area contributed by atoms with Crippen molar-refractivity contribution in [2.24, 2.45) is 0 Å². The molecule has 120 valence electrons. The summed E-state index contributed by atoms with van der Waals surface area (Å²) in [5, 5.41) is 15.2. The van der Waals surface area contributed by atoms with Gasteiger partial charge in [-0.15, -0.1) is 0 Å². The summed E-state index contributed by atoms with van der Waals surface area (Å²) < 4.78 is 4.28. The molecule has 3 rings (SSSR count). The van der Waals surface area contributed by atoms with Gasteiger partial charge in [0.25, 0.3) is 0 Å². The third kappa shape index (κ3) is 2.50. The highest BCUT2D eigenvalue weighted by Crippen LogP contribution is 2.35. The van der Waals surface area contributed by atoms with Crippen molar-refractivity contribution in [1.29, 1.82) is 0 Å². The minimum Gasteiger partial charge on any atom is -0.391 e. The molecular formula is C18H27N3O. The first kappa shape index (κ1) is 15.3. The van der Waals surface area contributed by atoms with Crippen molar-refractivity contribution >= 4 is 0 Å². The highest BCUT2D eigenvalue weighted by atomic mass is 16.3. The van der Waals surface area contributed by atoms with Crippen LogP contribution in [0.3, 0.4) is 0 Å². The van der Waals surface area contributed by atoms with E-state index in [4.69, 9.17) is 5.10 Å². The fourth-order valence-electron chi connectivity index (χ4n) is 3.54. The van der Waals surface area contributed by atoms with Crippen molar-refractivity contribution in [3.05, 3.63) is 35.3 Å². The van der Waals surface area contributed by atoms with Crippen LogP contribution in [0.25, 0.3) is 5.82 Å². The average Bonchev–Trinajstić information content (AvgIpc) is 3.08. The molecule has 2 unspecified atom stereocenters. The van der Waals surface area contributed by atoms with Crippen LogP contribution in [0.2, 0.25) is 0 Å². The van der Waals surface area contributed by atoms with Crippen molar-refractivity contribution in [2.45, 2.75) is 71.4 Å². The number of nitrogens with zero attached hydrogens (tertiary/aromatic N) is 3. The second-order valence-corrected chi connectivity index (χ2v) is 7.60. The van der Waals surface area contributed by atoms with Gasteiger partial charge in [-0.2, -0.15) is 5.10 Å². The summed E-state index contributed by atoms with van der Waals surface area (Å²) in [6, 6.07) is 6.54. The summed E-state index contributed by atoms with van der Waals surface area (Å²) in [6.07, 6.45) is 2.69. The molecule has 0 aromatic carbocycles. The lowest BCUT2D eigenvalue weighted by Crippen LogP contribution is -2.26. The standard InChI is InChI=1S/C18H27N3O/c1-12-9-10-13(2)20(12)17-11-16(18(3,4)5)21(19-17)14-7-6-8-15(14)22/h9-11,14-15,22H,6-8H2,1-5H3. The van der Waals surface area contributed by atoms with Crippen molar-refractivity contribution in [1.82, 2.24) is 14.3 Å². The molecule has 2 heterocycles. The number of rotatable bonds is 2. The third-order valence-corrected chi connectivity index (χ3v) is 4.75. The monoisotopic (exact) mass is 301 g/mol. The van der Waals surface area contributed by atoms with Gasteiger partial charge >= 0.3 is 0 Å². The molecule has 22 heavy (non-hydrogen) atoms. The summed E-state index contributed by atoms with van der Waals surface area (Å²) >= 11 is 0. The van der Waals surface area contributed by atoms with Gasteiger partial charge in [0.1, 0.15) is 0 Å². The second-order valence-electron chi connectivity index (χ2n) is 7.60. The van der Waals surface area contributed by atoms with E-state index in [9.17, 15) is 5.11 Å². The maximum Gasteiger partial charge on any atom is 0.159 e. The van der Waals surface area contributed by atoms with E-state index in [0.29, 0.717) is 0 Å². The van der Waals surface area contributed by atoms with E-state index in [2.05, 4.69) is 62.1 Å². The normalized spacial score (nSPS) is 22.5. The Morgan fingerprint density at radius 3 is 2.27 bits per heavy atom. The molecule has 0 radical (unpaired) electrons. The fourth-order valence-corrected chi connectivity index (χ4v) is 3.54. The zero-order valence-electron chi connectivity index (χ0n) is 14.3. The molecule has 0 amide bonds. The number of aromatic nitrogens is 3. The van der Waals surface area contributed by atoms with E-state index in [0.717, 1.165) is 25.1 Å². The summed E-state index contributed by atoms with van der Waals surface area (Å²) in [7, 11) is 0. The fraction of sp³-hybridized carbons (Fsp3) is 0.611. The van der Waals surface area contributed by atoms with Crippen molar-refractivity contribution < 1.29 is 5.11 Å². The van der Waals surface area contributed by atoms with Crippen LogP contribution >= 0.6 is 0 Å². The Bertz CT molecular complexity index is 656. The van der Waals surface area contributed by atoms with Gasteiger partial charge in [0, 0.05) is 28.6 Å². The molecule has 0 spiro atoms. The quantitative estimate of drug-likeness (QED) is 0.919. The van der Waals surface area contributed by atoms with Gasteiger partial charge in [0.05, 0.1) is 12.1 Å². The van der Waals surface area contributed by atoms with Gasteiger partial charge < -0.3 is 9.67 Å². The van der Waals surface area contributed by atoms with Crippen LogP contribution in [0, 0.1) is 13.8 Å². The Hall–Kier alpha value is -1.55. The van der Waals surface area contributed by atoms with E-state index < -0.39 is 0 Å². The lowest BCUT2D eigenvalue weighted by Gasteiger charge is -2.25. The van der Waals surface area contributed by atoms with Gasteiger partial charge in [-0.3, -0.25) is 4.68 Å². The van der Waals surface area contributed by atoms with Gasteiger partial charge in [-0.05, 0) is 45.2 Å². The molecular weight excluding hydrogens is 274 g/mol. The molecule has 4 heteroatoms. The van der Waals surface area contributed by atoms with Crippen LogP contribution in [0.15, 0.2) is 18.2 Å². The lowest BCUT2D eigenvalue weighted by molar-refractivity contribution is 0.127. The molecule has 1 saturated carbocycles. The minimum absolute atomic E-state index is 0.00250. The summed E-state index contributed by atoms with van der Waals surface area (Å²) in [5.74, 6) is 0.962. The van der Waals surface area contributed by atoms with Crippen LogP contribution in [0.1, 0.15) is 63.2 Å². The van der Waals surface area contributed by atoms with Gasteiger partial charge in [0.2, 0.25) is 0 Å². The maximum absolute atomic E-state index is 10.3. The third-order valence-electron chi connectivity index (χ3n) is 4.75. The molecule has 0 saturated heterocycles. The van der Waals surface area contributed by atoms with Crippen molar-refractivity contribution in [3.8, 4) is 5.82 Å². The Balaban J connectivity index is 2.13. The van der Waals surface area contributed by atoms with Crippen LogP contribution in [-0.4, -0.2) is 25.6 Å². The Morgan fingerprint density at radius 2 is 1.77 bits per heavy atom. The van der Waals surface area contributed by atoms with E-state index in [1.54, 1.807) is 0 Å². The number of hydrogen-bond donors (Lipinski definition) is 1. The number of aliphatic hydroxyl groups is 1. The number of hydrogen-bond acceptors (Lipinski definition) is 2. The van der Waals surface area contributed by atoms with Crippen LogP contribution < -0.4 is 0 Å². The predicted octanol–water partition coefficient (Wildman–Crippen LogP) is 3.67. The summed E-state index contributed by atoms with van der Waals surface area (Å²) in [4.78, 5) is 0. The first-order valence-electron chi connectivity index (χ1n) is 8.22. The molecule has 1 aliphatic carbocycles. The zero-order chi connectivity index (χ0) is 16.1. The molecule has 2 aromatic rings. The number of aryl methyl sites for hydroxylation is 2. The first-order valence-corrected chi connectivity index (χ1v) is 8.22.